The fourth-order valence-corrected chi connectivity index (χ4v) is 1.84. The highest BCUT2D eigenvalue weighted by Gasteiger charge is 2.00. The topological polar surface area (TPSA) is 0 Å². The van der Waals surface area contributed by atoms with Gasteiger partial charge in [-0.3, -0.25) is 0 Å². The molecule has 0 aliphatic heterocycles. The Kier molecular flexibility index (Phi) is 8.18. The van der Waals surface area contributed by atoms with Gasteiger partial charge in [0.05, 0.1) is 0 Å². The second kappa shape index (κ2) is 8.34. The zero-order valence-corrected chi connectivity index (χ0v) is 9.90. The molecule has 0 aliphatic carbocycles. The summed E-state index contributed by atoms with van der Waals surface area (Å²) in [5, 5.41) is 0. The van der Waals surface area contributed by atoms with Crippen molar-refractivity contribution in [3.05, 3.63) is 11.6 Å². The van der Waals surface area contributed by atoms with Gasteiger partial charge in [-0.05, 0) is 32.1 Å². The molecule has 0 rings (SSSR count). The highest BCUT2D eigenvalue weighted by atomic mass is 14.1. The maximum Gasteiger partial charge on any atom is -0.0320 e. The number of allylic oxidation sites excluding steroid dienone is 2. The zero-order valence-electron chi connectivity index (χ0n) is 9.90. The Morgan fingerprint density at radius 2 is 1.92 bits per heavy atom. The third-order valence-corrected chi connectivity index (χ3v) is 2.84. The fourth-order valence-electron chi connectivity index (χ4n) is 1.84. The van der Waals surface area contributed by atoms with Crippen molar-refractivity contribution in [3.8, 4) is 0 Å². The summed E-state index contributed by atoms with van der Waals surface area (Å²) in [4.78, 5) is 0. The molecule has 0 nitrogen and oxygen atoms in total. The van der Waals surface area contributed by atoms with E-state index in [1.165, 1.54) is 38.5 Å². The van der Waals surface area contributed by atoms with Crippen molar-refractivity contribution in [2.75, 3.05) is 0 Å². The van der Waals surface area contributed by atoms with E-state index in [4.69, 9.17) is 0 Å². The van der Waals surface area contributed by atoms with Crippen molar-refractivity contribution in [3.63, 3.8) is 0 Å². The average Bonchev–Trinajstić information content (AvgIpc) is 2.13. The van der Waals surface area contributed by atoms with E-state index in [-0.39, 0.29) is 0 Å². The number of hydrogen-bond donors (Lipinski definition) is 0. The molecule has 0 fully saturated rings. The summed E-state index contributed by atoms with van der Waals surface area (Å²) in [5.41, 5.74) is 1.63. The lowest BCUT2D eigenvalue weighted by molar-refractivity contribution is 0.468. The van der Waals surface area contributed by atoms with Gasteiger partial charge in [0, 0.05) is 0 Å². The molecule has 1 atom stereocenters. The van der Waals surface area contributed by atoms with Crippen LogP contribution in [0.5, 0.6) is 0 Å². The summed E-state index contributed by atoms with van der Waals surface area (Å²) in [6, 6.07) is 0. The summed E-state index contributed by atoms with van der Waals surface area (Å²) < 4.78 is 0. The first-order valence-corrected chi connectivity index (χ1v) is 5.88. The Morgan fingerprint density at radius 3 is 2.38 bits per heavy atom. The van der Waals surface area contributed by atoms with Crippen LogP contribution in [-0.2, 0) is 0 Å². The third kappa shape index (κ3) is 6.86. The van der Waals surface area contributed by atoms with Crippen LogP contribution in [0.1, 0.15) is 66.2 Å². The largest absolute Gasteiger partial charge is 0.0885 e. The van der Waals surface area contributed by atoms with E-state index in [1.807, 2.05) is 0 Å². The Bertz CT molecular complexity index is 133. The highest BCUT2D eigenvalue weighted by Crippen LogP contribution is 2.17. The molecule has 0 heteroatoms. The van der Waals surface area contributed by atoms with Gasteiger partial charge in [0.1, 0.15) is 0 Å². The first-order chi connectivity index (χ1) is 6.24. The second-order valence-electron chi connectivity index (χ2n) is 4.09. The normalized spacial score (nSPS) is 14.6. The third-order valence-electron chi connectivity index (χ3n) is 2.84. The lowest BCUT2D eigenvalue weighted by Crippen LogP contribution is -1.94. The van der Waals surface area contributed by atoms with Gasteiger partial charge < -0.3 is 0 Å². The maximum absolute atomic E-state index is 2.38. The van der Waals surface area contributed by atoms with E-state index in [2.05, 4.69) is 33.8 Å². The molecule has 78 valence electrons. The van der Waals surface area contributed by atoms with E-state index in [0.717, 1.165) is 5.92 Å². The lowest BCUT2D eigenvalue weighted by atomic mass is 9.97. The molecule has 0 saturated carbocycles. The van der Waals surface area contributed by atoms with Gasteiger partial charge in [-0.2, -0.15) is 0 Å². The van der Waals surface area contributed by atoms with Crippen LogP contribution >= 0.6 is 0 Å². The molecule has 0 aromatic carbocycles. The lowest BCUT2D eigenvalue weighted by Gasteiger charge is -2.10. The van der Waals surface area contributed by atoms with Gasteiger partial charge in [0.25, 0.3) is 0 Å². The zero-order chi connectivity index (χ0) is 10.1. The smallest absolute Gasteiger partial charge is 0.0320 e. The molecule has 13 heavy (non-hydrogen) atoms. The Hall–Kier alpha value is -0.260. The predicted octanol–water partition coefficient (Wildman–Crippen LogP) is 4.95. The average molecular weight is 182 g/mol. The molecule has 1 unspecified atom stereocenters. The van der Waals surface area contributed by atoms with Crippen LogP contribution in [0.2, 0.25) is 0 Å². The molecule has 0 heterocycles. The molecule has 0 saturated heterocycles. The summed E-state index contributed by atoms with van der Waals surface area (Å²) in [7, 11) is 0. The minimum absolute atomic E-state index is 0.931. The summed E-state index contributed by atoms with van der Waals surface area (Å²) in [5.74, 6) is 0.931. The molecule has 0 aromatic heterocycles. The second-order valence-corrected chi connectivity index (χ2v) is 4.09. The quantitative estimate of drug-likeness (QED) is 0.489. The van der Waals surface area contributed by atoms with Gasteiger partial charge in [0.15, 0.2) is 0 Å². The van der Waals surface area contributed by atoms with E-state index >= 15 is 0 Å². The molecular formula is C13H26. The summed E-state index contributed by atoms with van der Waals surface area (Å²) in [6.45, 7) is 9.07. The molecule has 0 spiro atoms. The molecular weight excluding hydrogens is 156 g/mol. The van der Waals surface area contributed by atoms with Crippen LogP contribution in [0.4, 0.5) is 0 Å². The molecule has 0 radical (unpaired) electrons. The van der Waals surface area contributed by atoms with Gasteiger partial charge in [-0.15, -0.1) is 0 Å². The van der Waals surface area contributed by atoms with Gasteiger partial charge in [-0.25, -0.2) is 0 Å². The molecule has 0 aromatic rings. The van der Waals surface area contributed by atoms with Crippen molar-refractivity contribution < 1.29 is 0 Å². The van der Waals surface area contributed by atoms with Crippen molar-refractivity contribution >= 4 is 0 Å². The fraction of sp³-hybridized carbons (Fsp3) is 0.846. The monoisotopic (exact) mass is 182 g/mol. The SMILES string of the molecule is CC=C(CC)CCCC(C)CCC. The first-order valence-electron chi connectivity index (χ1n) is 5.88. The Labute approximate surface area is 84.4 Å². The molecule has 0 amide bonds. The first kappa shape index (κ1) is 12.7. The van der Waals surface area contributed by atoms with Crippen molar-refractivity contribution in [2.45, 2.75) is 66.2 Å². The standard InChI is InChI=1S/C13H26/c1-5-9-12(4)10-8-11-13(6-2)7-3/h6,12H,5,7-11H2,1-4H3. The van der Waals surface area contributed by atoms with Crippen LogP contribution in [-0.4, -0.2) is 0 Å². The van der Waals surface area contributed by atoms with E-state index < -0.39 is 0 Å². The Balaban J connectivity index is 3.43. The number of hydrogen-bond acceptors (Lipinski definition) is 0. The van der Waals surface area contributed by atoms with E-state index in [1.54, 1.807) is 5.57 Å². The highest BCUT2D eigenvalue weighted by molar-refractivity contribution is 4.98. The minimum Gasteiger partial charge on any atom is -0.0885 e. The van der Waals surface area contributed by atoms with Gasteiger partial charge in [-0.1, -0.05) is 51.7 Å². The summed E-state index contributed by atoms with van der Waals surface area (Å²) >= 11 is 0. The predicted molar refractivity (Wildman–Crippen MR) is 62.0 cm³/mol. The van der Waals surface area contributed by atoms with E-state index in [9.17, 15) is 0 Å². The van der Waals surface area contributed by atoms with Crippen molar-refractivity contribution in [2.24, 2.45) is 5.92 Å². The van der Waals surface area contributed by atoms with Crippen LogP contribution < -0.4 is 0 Å². The number of rotatable bonds is 7. The van der Waals surface area contributed by atoms with Crippen LogP contribution in [0, 0.1) is 5.92 Å². The van der Waals surface area contributed by atoms with Crippen LogP contribution in [0.15, 0.2) is 11.6 Å². The Morgan fingerprint density at radius 1 is 1.23 bits per heavy atom. The van der Waals surface area contributed by atoms with Crippen LogP contribution in [0.25, 0.3) is 0 Å². The molecule has 0 bridgehead atoms. The van der Waals surface area contributed by atoms with Crippen molar-refractivity contribution in [1.82, 2.24) is 0 Å². The summed E-state index contributed by atoms with van der Waals surface area (Å²) in [6.07, 6.45) is 10.4. The van der Waals surface area contributed by atoms with Crippen molar-refractivity contribution in [1.29, 1.82) is 0 Å². The molecule has 0 aliphatic rings. The van der Waals surface area contributed by atoms with E-state index in [0.29, 0.717) is 0 Å². The maximum atomic E-state index is 2.38. The molecule has 0 N–H and O–H groups in total. The van der Waals surface area contributed by atoms with Gasteiger partial charge >= 0.3 is 0 Å². The van der Waals surface area contributed by atoms with Crippen LogP contribution in [0.3, 0.4) is 0 Å². The van der Waals surface area contributed by atoms with Gasteiger partial charge in [0.2, 0.25) is 0 Å². The minimum atomic E-state index is 0.931.